The van der Waals surface area contributed by atoms with Gasteiger partial charge in [-0.1, -0.05) is 23.2 Å². The molecular formula is C14H10Cl2FN3O4. The first kappa shape index (κ1) is 17.9. The number of carbonyl (C=O) groups is 1. The number of amides is 1. The van der Waals surface area contributed by atoms with Gasteiger partial charge in [0.05, 0.1) is 15.0 Å². The van der Waals surface area contributed by atoms with Crippen LogP contribution < -0.4 is 10.1 Å². The Hall–Kier alpha value is -2.45. The van der Waals surface area contributed by atoms with E-state index in [0.717, 1.165) is 18.2 Å². The summed E-state index contributed by atoms with van der Waals surface area (Å²) in [7, 11) is 0. The molecule has 1 aromatic heterocycles. The highest BCUT2D eigenvalue weighted by molar-refractivity contribution is 6.36. The van der Waals surface area contributed by atoms with Crippen LogP contribution in [0, 0.1) is 15.9 Å². The number of hydrogen-bond donors (Lipinski definition) is 1. The number of pyridine rings is 1. The molecule has 126 valence electrons. The lowest BCUT2D eigenvalue weighted by atomic mass is 10.2. The van der Waals surface area contributed by atoms with Crippen molar-refractivity contribution < 1.29 is 18.8 Å². The molecular weight excluding hydrogens is 364 g/mol. The van der Waals surface area contributed by atoms with Crippen molar-refractivity contribution in [1.82, 2.24) is 4.98 Å². The SMILES string of the molecule is C[C@@H](Oc1cc(F)ccc1[N+](=O)[O-])C(=O)Nc1ncc(Cl)cc1Cl. The molecule has 0 saturated heterocycles. The standard InChI is InChI=1S/C14H10Cl2FN3O4/c1-7(14(21)19-13-10(16)4-8(15)6-18-13)24-12-5-9(17)2-3-11(12)20(22)23/h2-7H,1H3,(H,18,19,21)/t7-/m1/s1. The summed E-state index contributed by atoms with van der Waals surface area (Å²) < 4.78 is 18.5. The zero-order chi connectivity index (χ0) is 17.9. The van der Waals surface area contributed by atoms with Crippen molar-refractivity contribution in [1.29, 1.82) is 0 Å². The van der Waals surface area contributed by atoms with Crippen molar-refractivity contribution >= 4 is 40.6 Å². The predicted molar refractivity (Wildman–Crippen MR) is 86.0 cm³/mol. The Morgan fingerprint density at radius 2 is 2.12 bits per heavy atom. The molecule has 1 heterocycles. The van der Waals surface area contributed by atoms with Gasteiger partial charge in [-0.2, -0.15) is 0 Å². The summed E-state index contributed by atoms with van der Waals surface area (Å²) in [6, 6.07) is 4.09. The number of ether oxygens (including phenoxy) is 1. The van der Waals surface area contributed by atoms with E-state index in [1.807, 2.05) is 0 Å². The van der Waals surface area contributed by atoms with Gasteiger partial charge in [0.25, 0.3) is 5.91 Å². The van der Waals surface area contributed by atoms with Gasteiger partial charge in [0.1, 0.15) is 5.82 Å². The quantitative estimate of drug-likeness (QED) is 0.634. The van der Waals surface area contributed by atoms with Crippen LogP contribution in [0.1, 0.15) is 6.92 Å². The normalized spacial score (nSPS) is 11.7. The highest BCUT2D eigenvalue weighted by atomic mass is 35.5. The van der Waals surface area contributed by atoms with Gasteiger partial charge in [-0.05, 0) is 19.1 Å². The maximum absolute atomic E-state index is 13.3. The molecule has 2 aromatic rings. The molecule has 0 aliphatic heterocycles. The average molecular weight is 374 g/mol. The first-order chi connectivity index (χ1) is 11.3. The van der Waals surface area contributed by atoms with Gasteiger partial charge in [-0.25, -0.2) is 9.37 Å². The van der Waals surface area contributed by atoms with Gasteiger partial charge in [-0.3, -0.25) is 14.9 Å². The van der Waals surface area contributed by atoms with Gasteiger partial charge in [0.15, 0.2) is 11.9 Å². The van der Waals surface area contributed by atoms with Crippen molar-refractivity contribution in [3.63, 3.8) is 0 Å². The van der Waals surface area contributed by atoms with E-state index in [0.29, 0.717) is 0 Å². The van der Waals surface area contributed by atoms with Crippen molar-refractivity contribution in [2.24, 2.45) is 0 Å². The molecule has 0 fully saturated rings. The van der Waals surface area contributed by atoms with E-state index in [1.165, 1.54) is 19.2 Å². The largest absolute Gasteiger partial charge is 0.474 e. The summed E-state index contributed by atoms with van der Waals surface area (Å²) in [5.74, 6) is -1.72. The minimum Gasteiger partial charge on any atom is -0.474 e. The Morgan fingerprint density at radius 1 is 1.42 bits per heavy atom. The average Bonchev–Trinajstić information content (AvgIpc) is 2.49. The van der Waals surface area contributed by atoms with E-state index in [-0.39, 0.29) is 21.6 Å². The minimum atomic E-state index is -1.17. The Morgan fingerprint density at radius 3 is 2.75 bits per heavy atom. The Labute approximate surface area is 145 Å². The van der Waals surface area contributed by atoms with Crippen LogP contribution in [0.4, 0.5) is 15.9 Å². The molecule has 0 unspecified atom stereocenters. The molecule has 1 aromatic carbocycles. The smallest absolute Gasteiger partial charge is 0.311 e. The van der Waals surface area contributed by atoms with E-state index < -0.39 is 28.4 Å². The zero-order valence-corrected chi connectivity index (χ0v) is 13.6. The molecule has 2 rings (SSSR count). The van der Waals surface area contributed by atoms with Crippen LogP contribution in [0.2, 0.25) is 10.0 Å². The first-order valence-electron chi connectivity index (χ1n) is 6.50. The van der Waals surface area contributed by atoms with Crippen molar-refractivity contribution in [2.75, 3.05) is 5.32 Å². The van der Waals surface area contributed by atoms with Crippen LogP contribution in [0.15, 0.2) is 30.5 Å². The Kier molecular flexibility index (Phi) is 5.53. The lowest BCUT2D eigenvalue weighted by Crippen LogP contribution is -2.30. The third-order valence-corrected chi connectivity index (χ3v) is 3.34. The third-order valence-electron chi connectivity index (χ3n) is 2.84. The van der Waals surface area contributed by atoms with Crippen LogP contribution in [-0.2, 0) is 4.79 Å². The molecule has 0 bridgehead atoms. The lowest BCUT2D eigenvalue weighted by Gasteiger charge is -2.15. The van der Waals surface area contributed by atoms with Crippen LogP contribution >= 0.6 is 23.2 Å². The number of nitrogens with one attached hydrogen (secondary N) is 1. The van der Waals surface area contributed by atoms with Crippen LogP contribution in [0.3, 0.4) is 0 Å². The molecule has 1 N–H and O–H groups in total. The Bertz CT molecular complexity index is 804. The summed E-state index contributed by atoms with van der Waals surface area (Å²) in [6.07, 6.45) is 0.116. The molecule has 1 atom stereocenters. The van der Waals surface area contributed by atoms with E-state index in [2.05, 4.69) is 10.3 Å². The minimum absolute atomic E-state index is 0.0512. The number of rotatable bonds is 5. The van der Waals surface area contributed by atoms with Gasteiger partial charge in [0, 0.05) is 18.3 Å². The lowest BCUT2D eigenvalue weighted by molar-refractivity contribution is -0.386. The number of aromatic nitrogens is 1. The predicted octanol–water partition coefficient (Wildman–Crippen LogP) is 3.84. The van der Waals surface area contributed by atoms with Gasteiger partial charge < -0.3 is 10.1 Å². The fourth-order valence-electron chi connectivity index (χ4n) is 1.70. The molecule has 0 spiro atoms. The summed E-state index contributed by atoms with van der Waals surface area (Å²) in [4.78, 5) is 26.1. The topological polar surface area (TPSA) is 94.4 Å². The second-order valence-corrected chi connectivity index (χ2v) is 5.45. The van der Waals surface area contributed by atoms with Crippen LogP contribution in [0.5, 0.6) is 5.75 Å². The number of benzene rings is 1. The van der Waals surface area contributed by atoms with Crippen molar-refractivity contribution in [2.45, 2.75) is 13.0 Å². The van der Waals surface area contributed by atoms with Crippen molar-refractivity contribution in [3.05, 3.63) is 56.4 Å². The molecule has 0 saturated carbocycles. The summed E-state index contributed by atoms with van der Waals surface area (Å²) in [5.41, 5.74) is -0.460. The van der Waals surface area contributed by atoms with Crippen LogP contribution in [-0.4, -0.2) is 21.9 Å². The van der Waals surface area contributed by atoms with E-state index in [4.69, 9.17) is 27.9 Å². The highest BCUT2D eigenvalue weighted by Crippen LogP contribution is 2.29. The van der Waals surface area contributed by atoms with E-state index in [9.17, 15) is 19.3 Å². The highest BCUT2D eigenvalue weighted by Gasteiger charge is 2.22. The second kappa shape index (κ2) is 7.41. The molecule has 7 nitrogen and oxygen atoms in total. The number of hydrogen-bond acceptors (Lipinski definition) is 5. The summed E-state index contributed by atoms with van der Waals surface area (Å²) in [6.45, 7) is 1.34. The number of nitro benzene ring substituents is 1. The zero-order valence-electron chi connectivity index (χ0n) is 12.1. The number of anilines is 1. The van der Waals surface area contributed by atoms with Gasteiger partial charge in [-0.15, -0.1) is 0 Å². The van der Waals surface area contributed by atoms with Gasteiger partial charge in [0.2, 0.25) is 5.75 Å². The molecule has 10 heteroatoms. The van der Waals surface area contributed by atoms with Gasteiger partial charge >= 0.3 is 5.69 Å². The maximum atomic E-state index is 13.3. The number of carbonyl (C=O) groups excluding carboxylic acids is 1. The van der Waals surface area contributed by atoms with E-state index in [1.54, 1.807) is 0 Å². The Balaban J connectivity index is 2.14. The first-order valence-corrected chi connectivity index (χ1v) is 7.26. The van der Waals surface area contributed by atoms with Crippen molar-refractivity contribution in [3.8, 4) is 5.75 Å². The number of halogens is 3. The van der Waals surface area contributed by atoms with Crippen LogP contribution in [0.25, 0.3) is 0 Å². The monoisotopic (exact) mass is 373 g/mol. The molecule has 1 amide bonds. The molecule has 24 heavy (non-hydrogen) atoms. The summed E-state index contributed by atoms with van der Waals surface area (Å²) >= 11 is 11.6. The fourth-order valence-corrected chi connectivity index (χ4v) is 2.13. The fraction of sp³-hybridized carbons (Fsp3) is 0.143. The maximum Gasteiger partial charge on any atom is 0.311 e. The molecule has 0 radical (unpaired) electrons. The molecule has 0 aliphatic rings. The second-order valence-electron chi connectivity index (χ2n) is 4.60. The molecule has 0 aliphatic carbocycles. The van der Waals surface area contributed by atoms with E-state index >= 15 is 0 Å². The number of nitrogens with zero attached hydrogens (tertiary/aromatic N) is 2. The third kappa shape index (κ3) is 4.30. The summed E-state index contributed by atoms with van der Waals surface area (Å²) in [5, 5.41) is 13.7. The number of nitro groups is 1.